The molecule has 2 aliphatic rings. The van der Waals surface area contributed by atoms with Crippen molar-refractivity contribution in [1.29, 1.82) is 5.26 Å². The minimum atomic E-state index is -0.860. The first-order valence-corrected chi connectivity index (χ1v) is 12.2. The van der Waals surface area contributed by atoms with Gasteiger partial charge in [0.15, 0.2) is 0 Å². The Morgan fingerprint density at radius 1 is 1.21 bits per heavy atom. The zero-order chi connectivity index (χ0) is 24.6. The van der Waals surface area contributed by atoms with Crippen LogP contribution in [0.3, 0.4) is 0 Å². The number of rotatable bonds is 4. The number of aliphatic hydroxyl groups excluding tert-OH is 1. The average molecular weight is 467 g/mol. The van der Waals surface area contributed by atoms with E-state index in [-0.39, 0.29) is 5.41 Å². The Kier molecular flexibility index (Phi) is 9.53. The van der Waals surface area contributed by atoms with E-state index < -0.39 is 5.97 Å². The Morgan fingerprint density at radius 3 is 2.48 bits per heavy atom. The summed E-state index contributed by atoms with van der Waals surface area (Å²) in [6.07, 6.45) is 16.8. The van der Waals surface area contributed by atoms with Gasteiger partial charge in [-0.3, -0.25) is 0 Å². The fourth-order valence-electron chi connectivity index (χ4n) is 4.73. The number of nitrogens with one attached hydrogen (secondary N) is 1. The second kappa shape index (κ2) is 11.9. The van der Waals surface area contributed by atoms with E-state index in [1.54, 1.807) is 11.3 Å². The normalized spacial score (nSPS) is 16.6. The first kappa shape index (κ1) is 26.5. The minimum absolute atomic E-state index is 0.118. The molecule has 1 heterocycles. The van der Waals surface area contributed by atoms with Gasteiger partial charge in [-0.2, -0.15) is 5.26 Å². The lowest BCUT2D eigenvalue weighted by molar-refractivity contribution is 0.0696. The van der Waals surface area contributed by atoms with Crippen LogP contribution >= 0.6 is 11.3 Å². The zero-order valence-corrected chi connectivity index (χ0v) is 20.6. The van der Waals surface area contributed by atoms with Gasteiger partial charge in [-0.1, -0.05) is 33.1 Å². The Balaban J connectivity index is 0.000000914. The van der Waals surface area contributed by atoms with E-state index in [1.165, 1.54) is 24.1 Å². The van der Waals surface area contributed by atoms with Gasteiger partial charge in [-0.25, -0.2) is 4.79 Å². The van der Waals surface area contributed by atoms with Crippen LogP contribution in [0.15, 0.2) is 18.2 Å². The van der Waals surface area contributed by atoms with E-state index in [4.69, 9.17) is 5.11 Å². The summed E-state index contributed by atoms with van der Waals surface area (Å²) < 4.78 is 0. The molecule has 0 amide bonds. The van der Waals surface area contributed by atoms with E-state index in [0.717, 1.165) is 60.9 Å². The van der Waals surface area contributed by atoms with Crippen molar-refractivity contribution in [2.75, 3.05) is 12.4 Å². The van der Waals surface area contributed by atoms with Crippen molar-refractivity contribution < 1.29 is 15.0 Å². The average Bonchev–Trinajstić information content (AvgIpc) is 3.20. The Morgan fingerprint density at radius 2 is 1.88 bits per heavy atom. The smallest absolute Gasteiger partial charge is 0.337 e. The van der Waals surface area contributed by atoms with Gasteiger partial charge in [0.1, 0.15) is 0 Å². The van der Waals surface area contributed by atoms with Crippen LogP contribution in [0.4, 0.5) is 5.69 Å². The topological polar surface area (TPSA) is 93.4 Å². The summed E-state index contributed by atoms with van der Waals surface area (Å²) in [5.41, 5.74) is 3.95. The number of thiophene rings is 1. The number of carbonyl (C=O) groups is 1. The van der Waals surface area contributed by atoms with Crippen molar-refractivity contribution in [1.82, 2.24) is 0 Å². The molecule has 1 aromatic heterocycles. The predicted octanol–water partition coefficient (Wildman–Crippen LogP) is 6.10. The zero-order valence-electron chi connectivity index (χ0n) is 19.8. The van der Waals surface area contributed by atoms with E-state index in [2.05, 4.69) is 38.1 Å². The lowest BCUT2D eigenvalue weighted by atomic mass is 9.76. The van der Waals surface area contributed by atoms with Crippen molar-refractivity contribution in [2.24, 2.45) is 5.41 Å². The number of carboxylic acids is 1. The first-order chi connectivity index (χ1) is 15.9. The number of aromatic carboxylic acids is 1. The molecular formula is C27H34N2O3S. The van der Waals surface area contributed by atoms with Gasteiger partial charge < -0.3 is 15.5 Å². The predicted molar refractivity (Wildman–Crippen MR) is 136 cm³/mol. The highest BCUT2D eigenvalue weighted by Gasteiger charge is 2.33. The molecule has 1 aromatic carbocycles. The molecule has 1 saturated carbocycles. The number of terminal acetylenes is 1. The molecule has 0 atom stereocenters. The molecule has 2 aliphatic carbocycles. The summed E-state index contributed by atoms with van der Waals surface area (Å²) in [5, 5.41) is 30.2. The summed E-state index contributed by atoms with van der Waals surface area (Å²) in [5.74, 6) is -0.860. The molecule has 5 nitrogen and oxygen atoms in total. The Labute approximate surface area is 201 Å². The van der Waals surface area contributed by atoms with Crippen LogP contribution in [0.2, 0.25) is 0 Å². The standard InChI is InChI=1S/C24H28N2O2S.C2H2.CH4O/c1-24(2)11-10-20-18(13-24)21(23(27)28)22(29-20)17-12-15(14-25)8-9-19(17)26-16-6-4-3-5-7-16;2*1-2/h8-9,12,16,26H,3-7,10-11,13H2,1-2H3,(H,27,28);1-2H;2H,1H3. The third-order valence-electron chi connectivity index (χ3n) is 6.35. The maximum Gasteiger partial charge on any atom is 0.337 e. The fraction of sp³-hybridized carbons (Fsp3) is 0.481. The van der Waals surface area contributed by atoms with E-state index in [0.29, 0.717) is 17.2 Å². The van der Waals surface area contributed by atoms with Crippen LogP contribution in [0.5, 0.6) is 0 Å². The molecule has 4 rings (SSSR count). The largest absolute Gasteiger partial charge is 0.478 e. The highest BCUT2D eigenvalue weighted by Crippen LogP contribution is 2.47. The third-order valence-corrected chi connectivity index (χ3v) is 7.67. The van der Waals surface area contributed by atoms with E-state index >= 15 is 0 Å². The molecule has 0 aliphatic heterocycles. The molecule has 176 valence electrons. The van der Waals surface area contributed by atoms with Crippen molar-refractivity contribution in [3.63, 3.8) is 0 Å². The molecule has 0 spiro atoms. The molecular weight excluding hydrogens is 432 g/mol. The number of nitrogens with zero attached hydrogens (tertiary/aromatic N) is 1. The fourth-order valence-corrected chi connectivity index (χ4v) is 6.07. The molecule has 0 unspecified atom stereocenters. The van der Waals surface area contributed by atoms with Gasteiger partial charge in [0.05, 0.1) is 22.1 Å². The maximum atomic E-state index is 12.3. The molecule has 33 heavy (non-hydrogen) atoms. The number of benzene rings is 1. The van der Waals surface area contributed by atoms with Gasteiger partial charge in [0, 0.05) is 29.3 Å². The second-order valence-corrected chi connectivity index (χ2v) is 10.3. The number of hydrogen-bond donors (Lipinski definition) is 3. The SMILES string of the molecule is C#C.CC1(C)CCc2sc(-c3cc(C#N)ccc3NC3CCCCC3)c(C(=O)O)c2C1.CO. The molecule has 6 heteroatoms. The van der Waals surface area contributed by atoms with Crippen LogP contribution < -0.4 is 5.32 Å². The summed E-state index contributed by atoms with van der Waals surface area (Å²) in [6, 6.07) is 8.28. The van der Waals surface area contributed by atoms with Gasteiger partial charge in [-0.15, -0.1) is 24.2 Å². The molecule has 1 fully saturated rings. The summed E-state index contributed by atoms with van der Waals surface area (Å²) >= 11 is 1.61. The number of carboxylic acid groups (broad SMARTS) is 1. The first-order valence-electron chi connectivity index (χ1n) is 11.3. The van der Waals surface area contributed by atoms with Gasteiger partial charge in [-0.05, 0) is 61.3 Å². The third kappa shape index (κ3) is 6.16. The molecule has 3 N–H and O–H groups in total. The van der Waals surface area contributed by atoms with Crippen LogP contribution in [-0.4, -0.2) is 29.3 Å². The lowest BCUT2D eigenvalue weighted by Gasteiger charge is -2.29. The lowest BCUT2D eigenvalue weighted by Crippen LogP contribution is -2.23. The van der Waals surface area contributed by atoms with Crippen molar-refractivity contribution in [2.45, 2.75) is 71.3 Å². The van der Waals surface area contributed by atoms with Gasteiger partial charge in [0.2, 0.25) is 0 Å². The minimum Gasteiger partial charge on any atom is -0.478 e. The Hall–Kier alpha value is -2.80. The van der Waals surface area contributed by atoms with E-state index in [1.807, 2.05) is 18.2 Å². The summed E-state index contributed by atoms with van der Waals surface area (Å²) in [7, 11) is 1.00. The van der Waals surface area contributed by atoms with Crippen molar-refractivity contribution in [3.8, 4) is 29.4 Å². The molecule has 2 aromatic rings. The van der Waals surface area contributed by atoms with Crippen LogP contribution in [0, 0.1) is 29.6 Å². The van der Waals surface area contributed by atoms with Crippen LogP contribution in [-0.2, 0) is 12.8 Å². The van der Waals surface area contributed by atoms with Crippen LogP contribution in [0.1, 0.15) is 78.7 Å². The van der Waals surface area contributed by atoms with Crippen LogP contribution in [0.25, 0.3) is 10.4 Å². The number of anilines is 1. The number of hydrogen-bond acceptors (Lipinski definition) is 5. The van der Waals surface area contributed by atoms with Gasteiger partial charge in [0.25, 0.3) is 0 Å². The van der Waals surface area contributed by atoms with Crippen molar-refractivity contribution in [3.05, 3.63) is 39.8 Å². The number of aliphatic hydroxyl groups is 1. The Bertz CT molecular complexity index is 1020. The maximum absolute atomic E-state index is 12.3. The number of aryl methyl sites for hydroxylation is 1. The summed E-state index contributed by atoms with van der Waals surface area (Å²) in [6.45, 7) is 4.43. The van der Waals surface area contributed by atoms with Crippen molar-refractivity contribution >= 4 is 23.0 Å². The van der Waals surface area contributed by atoms with E-state index in [9.17, 15) is 15.2 Å². The number of nitriles is 1. The summed E-state index contributed by atoms with van der Waals surface area (Å²) in [4.78, 5) is 14.3. The molecule has 0 radical (unpaired) electrons. The molecule has 0 saturated heterocycles. The monoisotopic (exact) mass is 466 g/mol. The van der Waals surface area contributed by atoms with Gasteiger partial charge >= 0.3 is 5.97 Å². The second-order valence-electron chi connectivity index (χ2n) is 9.21. The quantitative estimate of drug-likeness (QED) is 0.473. The number of fused-ring (bicyclic) bond motifs is 1. The molecule has 0 bridgehead atoms. The highest BCUT2D eigenvalue weighted by molar-refractivity contribution is 7.16. The highest BCUT2D eigenvalue weighted by atomic mass is 32.1.